The molecule has 0 aliphatic rings. The number of nitrogens with one attached hydrogen (secondary N) is 2. The molecule has 0 unspecified atom stereocenters. The normalized spacial score (nSPS) is 10.9. The molecule has 0 saturated carbocycles. The van der Waals surface area contributed by atoms with E-state index in [1.54, 1.807) is 59.4 Å². The van der Waals surface area contributed by atoms with Gasteiger partial charge >= 0.3 is 0 Å². The van der Waals surface area contributed by atoms with Crippen molar-refractivity contribution in [2.24, 2.45) is 0 Å². The van der Waals surface area contributed by atoms with E-state index in [-0.39, 0.29) is 12.5 Å². The first-order valence-electron chi connectivity index (χ1n) is 10.4. The summed E-state index contributed by atoms with van der Waals surface area (Å²) in [5, 5.41) is 8.55. The van der Waals surface area contributed by atoms with E-state index in [1.807, 2.05) is 18.3 Å². The van der Waals surface area contributed by atoms with Crippen molar-refractivity contribution in [1.29, 1.82) is 0 Å². The molecule has 3 aromatic carbocycles. The van der Waals surface area contributed by atoms with Gasteiger partial charge in [-0.3, -0.25) is 4.79 Å². The lowest BCUT2D eigenvalue weighted by molar-refractivity contribution is 0.0950. The number of hydrogen-bond donors (Lipinski definition) is 2. The van der Waals surface area contributed by atoms with Gasteiger partial charge in [-0.05, 0) is 48.5 Å². The summed E-state index contributed by atoms with van der Waals surface area (Å²) in [6.07, 6.45) is 3.53. The Morgan fingerprint density at radius 2 is 2.00 bits per heavy atom. The van der Waals surface area contributed by atoms with Gasteiger partial charge in [0.25, 0.3) is 5.91 Å². The van der Waals surface area contributed by atoms with Gasteiger partial charge in [0, 0.05) is 51.6 Å². The van der Waals surface area contributed by atoms with Crippen molar-refractivity contribution in [3.63, 3.8) is 0 Å². The number of aromatic amines is 1. The molecule has 8 heteroatoms. The topological polar surface area (TPSA) is 67.1 Å². The zero-order valence-corrected chi connectivity index (χ0v) is 18.5. The Kier molecular flexibility index (Phi) is 5.58. The number of aromatic nitrogens is 3. The highest BCUT2D eigenvalue weighted by Gasteiger charge is 2.11. The van der Waals surface area contributed by atoms with Crippen molar-refractivity contribution in [3.8, 4) is 16.9 Å². The molecule has 0 radical (unpaired) electrons. The monoisotopic (exact) mass is 469 g/mol. The lowest BCUT2D eigenvalue weighted by Crippen LogP contribution is -2.23. The van der Waals surface area contributed by atoms with Gasteiger partial charge < -0.3 is 10.3 Å². The number of nitrogens with zero attached hydrogens (tertiary/aromatic N) is 3. The van der Waals surface area contributed by atoms with Crippen LogP contribution < -0.4 is 5.32 Å². The van der Waals surface area contributed by atoms with Gasteiger partial charge in [-0.25, -0.2) is 13.9 Å². The minimum atomic E-state index is -0.444. The van der Waals surface area contributed by atoms with Gasteiger partial charge in [-0.15, -0.1) is 0 Å². The fraction of sp³-hybridized carbons (Fsp3) is 0.0385. The number of amides is 1. The first kappa shape index (κ1) is 21.4. The SMILES string of the molecule is [C-]#[N+]c1ccc(-c2ccn(-c3ccc(CNC(=O)c4ccc5[nH]ccc5c4)c(F)c3)n2)cc1Cl. The molecule has 2 N–H and O–H groups in total. The van der Waals surface area contributed by atoms with Gasteiger partial charge in [0.05, 0.1) is 18.0 Å². The summed E-state index contributed by atoms with van der Waals surface area (Å²) in [6, 6.07) is 18.9. The van der Waals surface area contributed by atoms with Crippen molar-refractivity contribution in [1.82, 2.24) is 20.1 Å². The van der Waals surface area contributed by atoms with Crippen LogP contribution in [0.15, 0.2) is 79.1 Å². The van der Waals surface area contributed by atoms with E-state index in [9.17, 15) is 9.18 Å². The molecule has 1 amide bonds. The van der Waals surface area contributed by atoms with E-state index >= 15 is 0 Å². The molecule has 2 heterocycles. The van der Waals surface area contributed by atoms with Crippen LogP contribution in [0.25, 0.3) is 32.7 Å². The third kappa shape index (κ3) is 4.15. The van der Waals surface area contributed by atoms with Crippen LogP contribution in [-0.2, 0) is 6.54 Å². The molecular weight excluding hydrogens is 453 g/mol. The van der Waals surface area contributed by atoms with Crippen LogP contribution in [0.1, 0.15) is 15.9 Å². The highest BCUT2D eigenvalue weighted by atomic mass is 35.5. The Bertz CT molecular complexity index is 1580. The van der Waals surface area contributed by atoms with Crippen molar-refractivity contribution in [2.45, 2.75) is 6.54 Å². The Morgan fingerprint density at radius 3 is 2.79 bits per heavy atom. The predicted molar refractivity (Wildman–Crippen MR) is 130 cm³/mol. The number of fused-ring (bicyclic) bond motifs is 1. The molecule has 2 aromatic heterocycles. The fourth-order valence-electron chi connectivity index (χ4n) is 3.67. The van der Waals surface area contributed by atoms with Gasteiger partial charge in [0.15, 0.2) is 0 Å². The minimum absolute atomic E-state index is 0.0619. The van der Waals surface area contributed by atoms with E-state index in [1.165, 1.54) is 6.07 Å². The van der Waals surface area contributed by atoms with Crippen LogP contribution in [0.3, 0.4) is 0 Å². The number of hydrogen-bond acceptors (Lipinski definition) is 2. The number of carbonyl (C=O) groups excluding carboxylic acids is 1. The average Bonchev–Trinajstić information content (AvgIpc) is 3.52. The summed E-state index contributed by atoms with van der Waals surface area (Å²) < 4.78 is 16.3. The smallest absolute Gasteiger partial charge is 0.251 e. The number of rotatable bonds is 5. The van der Waals surface area contributed by atoms with Crippen LogP contribution >= 0.6 is 11.6 Å². The van der Waals surface area contributed by atoms with Gasteiger partial charge in [-0.2, -0.15) is 5.10 Å². The summed E-state index contributed by atoms with van der Waals surface area (Å²) in [5.74, 6) is -0.716. The molecule has 34 heavy (non-hydrogen) atoms. The van der Waals surface area contributed by atoms with E-state index in [0.717, 1.165) is 16.5 Å². The zero-order valence-electron chi connectivity index (χ0n) is 17.7. The quantitative estimate of drug-likeness (QED) is 0.297. The molecule has 0 atom stereocenters. The highest BCUT2D eigenvalue weighted by Crippen LogP contribution is 2.30. The second-order valence-corrected chi connectivity index (χ2v) is 8.07. The highest BCUT2D eigenvalue weighted by molar-refractivity contribution is 6.33. The van der Waals surface area contributed by atoms with Crippen molar-refractivity contribution < 1.29 is 9.18 Å². The fourth-order valence-corrected chi connectivity index (χ4v) is 3.90. The van der Waals surface area contributed by atoms with E-state index in [4.69, 9.17) is 18.2 Å². The number of H-pyrrole nitrogens is 1. The van der Waals surface area contributed by atoms with E-state index < -0.39 is 5.82 Å². The summed E-state index contributed by atoms with van der Waals surface area (Å²) in [7, 11) is 0. The van der Waals surface area contributed by atoms with Gasteiger partial charge in [-0.1, -0.05) is 29.8 Å². The lowest BCUT2D eigenvalue weighted by atomic mass is 10.1. The predicted octanol–water partition coefficient (Wildman–Crippen LogP) is 6.29. The zero-order chi connectivity index (χ0) is 23.7. The Balaban J connectivity index is 1.29. The molecule has 0 fully saturated rings. The molecule has 0 bridgehead atoms. The average molecular weight is 470 g/mol. The third-order valence-corrected chi connectivity index (χ3v) is 5.81. The molecule has 166 valence electrons. The van der Waals surface area contributed by atoms with Crippen LogP contribution in [0.2, 0.25) is 5.02 Å². The molecule has 5 aromatic rings. The summed E-state index contributed by atoms with van der Waals surface area (Å²) >= 11 is 6.12. The van der Waals surface area contributed by atoms with Gasteiger partial charge in [0.1, 0.15) is 5.82 Å². The Labute approximate surface area is 199 Å². The minimum Gasteiger partial charge on any atom is -0.361 e. The van der Waals surface area contributed by atoms with E-state index in [2.05, 4.69) is 20.2 Å². The second kappa shape index (κ2) is 8.85. The van der Waals surface area contributed by atoms with Crippen molar-refractivity contribution in [3.05, 3.63) is 113 Å². The maximum Gasteiger partial charge on any atom is 0.251 e. The van der Waals surface area contributed by atoms with Crippen LogP contribution in [-0.4, -0.2) is 20.7 Å². The second-order valence-electron chi connectivity index (χ2n) is 7.66. The number of halogens is 2. The first-order valence-corrected chi connectivity index (χ1v) is 10.8. The largest absolute Gasteiger partial charge is 0.361 e. The van der Waals surface area contributed by atoms with Crippen LogP contribution in [0.5, 0.6) is 0 Å². The summed E-state index contributed by atoms with van der Waals surface area (Å²) in [6.45, 7) is 7.16. The van der Waals surface area contributed by atoms with E-state index in [0.29, 0.717) is 33.2 Å². The summed E-state index contributed by atoms with van der Waals surface area (Å²) in [5.41, 5.74) is 4.15. The van der Waals surface area contributed by atoms with Crippen LogP contribution in [0.4, 0.5) is 10.1 Å². The summed E-state index contributed by atoms with van der Waals surface area (Å²) in [4.78, 5) is 18.9. The molecular formula is C26H17ClFN5O. The lowest BCUT2D eigenvalue weighted by Gasteiger charge is -2.09. The maximum absolute atomic E-state index is 14.8. The van der Waals surface area contributed by atoms with Crippen LogP contribution in [0, 0.1) is 12.4 Å². The first-order chi connectivity index (χ1) is 16.5. The number of carbonyl (C=O) groups is 1. The van der Waals surface area contributed by atoms with Crippen molar-refractivity contribution >= 4 is 34.1 Å². The molecule has 0 aliphatic carbocycles. The Morgan fingerprint density at radius 1 is 1.12 bits per heavy atom. The standard InChI is InChI=1S/C26H17ClFN5O/c1-29-25-7-3-16(13-21(25)27)24-9-11-33(32-24)20-5-2-19(22(28)14-20)15-31-26(34)18-4-6-23-17(12-18)8-10-30-23/h2-14,30H,15H2,(H,31,34). The van der Waals surface area contributed by atoms with Gasteiger partial charge in [0.2, 0.25) is 5.69 Å². The molecule has 0 spiro atoms. The van der Waals surface area contributed by atoms with Crippen molar-refractivity contribution in [2.75, 3.05) is 0 Å². The molecule has 6 nitrogen and oxygen atoms in total. The Hall–Kier alpha value is -4.41. The molecule has 0 saturated heterocycles. The third-order valence-electron chi connectivity index (χ3n) is 5.51. The number of benzene rings is 3. The molecule has 5 rings (SSSR count). The maximum atomic E-state index is 14.8. The molecule has 0 aliphatic heterocycles.